The fraction of sp³-hybridized carbons (Fsp3) is 0.267. The number of esters is 2. The Labute approximate surface area is 142 Å². The minimum Gasteiger partial charge on any atom is -0.462 e. The van der Waals surface area contributed by atoms with Crippen molar-refractivity contribution in [1.82, 2.24) is 5.32 Å². The van der Waals surface area contributed by atoms with E-state index in [1.54, 1.807) is 26.0 Å². The van der Waals surface area contributed by atoms with Crippen LogP contribution in [0.2, 0.25) is 5.02 Å². The second-order valence-corrected chi connectivity index (χ2v) is 6.04. The Balaban J connectivity index is 2.13. The summed E-state index contributed by atoms with van der Waals surface area (Å²) < 4.78 is 10.1. The smallest absolute Gasteiger partial charge is 0.346 e. The standard InChI is InChI=1S/C15H14ClNO5S/c1-3-21-14(20)11-8(2)17-12(18)15(23-11)22-13(19)9-5-4-6-10(16)7-9/h4-7,15H,3H2,1-2H3,(H,17,18). The molecule has 1 unspecified atom stereocenters. The van der Waals surface area contributed by atoms with Crippen molar-refractivity contribution in [2.45, 2.75) is 19.3 Å². The molecule has 1 N–H and O–H groups in total. The molecule has 0 saturated heterocycles. The van der Waals surface area contributed by atoms with E-state index in [1.807, 2.05) is 0 Å². The second-order valence-electron chi connectivity index (χ2n) is 4.53. The maximum absolute atomic E-state index is 12.1. The third kappa shape index (κ3) is 4.27. The molecule has 1 amide bonds. The van der Waals surface area contributed by atoms with Crippen molar-refractivity contribution in [3.8, 4) is 0 Å². The number of benzene rings is 1. The first-order valence-electron chi connectivity index (χ1n) is 6.74. The highest BCUT2D eigenvalue weighted by Gasteiger charge is 2.34. The van der Waals surface area contributed by atoms with Gasteiger partial charge in [-0.05, 0) is 32.0 Å². The van der Waals surface area contributed by atoms with Crippen molar-refractivity contribution >= 4 is 41.2 Å². The molecule has 0 bridgehead atoms. The number of thioether (sulfide) groups is 1. The number of hydrogen-bond donors (Lipinski definition) is 1. The zero-order valence-electron chi connectivity index (χ0n) is 12.4. The number of amides is 1. The lowest BCUT2D eigenvalue weighted by atomic mass is 10.2. The van der Waals surface area contributed by atoms with Crippen LogP contribution in [0.1, 0.15) is 24.2 Å². The molecule has 0 spiro atoms. The molecule has 1 atom stereocenters. The van der Waals surface area contributed by atoms with E-state index in [1.165, 1.54) is 12.1 Å². The number of ether oxygens (including phenoxy) is 2. The highest BCUT2D eigenvalue weighted by atomic mass is 35.5. The summed E-state index contributed by atoms with van der Waals surface area (Å²) in [6.07, 6.45) is 0. The molecule has 122 valence electrons. The van der Waals surface area contributed by atoms with E-state index < -0.39 is 23.3 Å². The second kappa shape index (κ2) is 7.52. The minimum atomic E-state index is -1.18. The lowest BCUT2D eigenvalue weighted by Crippen LogP contribution is -2.39. The van der Waals surface area contributed by atoms with Gasteiger partial charge in [0.15, 0.2) is 0 Å². The maximum atomic E-state index is 12.1. The number of carbonyl (C=O) groups excluding carboxylic acids is 3. The van der Waals surface area contributed by atoms with Crippen LogP contribution >= 0.6 is 23.4 Å². The van der Waals surface area contributed by atoms with Crippen LogP contribution in [0.15, 0.2) is 34.9 Å². The molecule has 0 fully saturated rings. The molecule has 6 nitrogen and oxygen atoms in total. The number of rotatable bonds is 4. The van der Waals surface area contributed by atoms with E-state index in [0.29, 0.717) is 10.7 Å². The molecule has 1 aliphatic rings. The van der Waals surface area contributed by atoms with Gasteiger partial charge in [-0.2, -0.15) is 0 Å². The number of nitrogens with one attached hydrogen (secondary N) is 1. The van der Waals surface area contributed by atoms with E-state index in [2.05, 4.69) is 5.32 Å². The Bertz CT molecular complexity index is 688. The predicted octanol–water partition coefficient (Wildman–Crippen LogP) is 2.48. The van der Waals surface area contributed by atoms with E-state index in [-0.39, 0.29) is 17.1 Å². The Morgan fingerprint density at radius 3 is 2.74 bits per heavy atom. The Morgan fingerprint density at radius 1 is 1.35 bits per heavy atom. The van der Waals surface area contributed by atoms with Crippen molar-refractivity contribution in [2.75, 3.05) is 6.61 Å². The van der Waals surface area contributed by atoms with Gasteiger partial charge in [-0.25, -0.2) is 9.59 Å². The molecule has 0 aliphatic carbocycles. The molecule has 0 aromatic heterocycles. The fourth-order valence-corrected chi connectivity index (χ4v) is 2.89. The van der Waals surface area contributed by atoms with Gasteiger partial charge in [-0.15, -0.1) is 0 Å². The number of hydrogen-bond acceptors (Lipinski definition) is 6. The van der Waals surface area contributed by atoms with Gasteiger partial charge in [-0.3, -0.25) is 4.79 Å². The van der Waals surface area contributed by atoms with Gasteiger partial charge in [0.05, 0.1) is 12.2 Å². The normalized spacial score (nSPS) is 17.5. The zero-order chi connectivity index (χ0) is 17.0. The average molecular weight is 356 g/mol. The molecule has 1 aliphatic heterocycles. The van der Waals surface area contributed by atoms with Crippen LogP contribution in [0.3, 0.4) is 0 Å². The lowest BCUT2D eigenvalue weighted by molar-refractivity contribution is -0.137. The first kappa shape index (κ1) is 17.4. The van der Waals surface area contributed by atoms with Crippen LogP contribution in [-0.2, 0) is 19.1 Å². The van der Waals surface area contributed by atoms with Crippen LogP contribution in [0, 0.1) is 0 Å². The average Bonchev–Trinajstić information content (AvgIpc) is 2.50. The summed E-state index contributed by atoms with van der Waals surface area (Å²) in [5.41, 5.74) is -0.590. The van der Waals surface area contributed by atoms with Gasteiger partial charge in [-0.1, -0.05) is 29.4 Å². The van der Waals surface area contributed by atoms with Crippen molar-refractivity contribution in [1.29, 1.82) is 0 Å². The van der Waals surface area contributed by atoms with Crippen LogP contribution in [0.25, 0.3) is 0 Å². The van der Waals surface area contributed by atoms with E-state index in [4.69, 9.17) is 21.1 Å². The highest BCUT2D eigenvalue weighted by molar-refractivity contribution is 8.05. The summed E-state index contributed by atoms with van der Waals surface area (Å²) in [5.74, 6) is -1.79. The van der Waals surface area contributed by atoms with Crippen LogP contribution < -0.4 is 5.32 Å². The van der Waals surface area contributed by atoms with E-state index in [9.17, 15) is 14.4 Å². The first-order valence-corrected chi connectivity index (χ1v) is 8.00. The predicted molar refractivity (Wildman–Crippen MR) is 85.7 cm³/mol. The third-order valence-corrected chi connectivity index (χ3v) is 4.29. The summed E-state index contributed by atoms with van der Waals surface area (Å²) in [5, 5.41) is 2.88. The monoisotopic (exact) mass is 355 g/mol. The first-order chi connectivity index (χ1) is 10.9. The molecule has 1 aromatic carbocycles. The van der Waals surface area contributed by atoms with Crippen LogP contribution in [-0.4, -0.2) is 29.9 Å². The van der Waals surface area contributed by atoms with Gasteiger partial charge in [0.25, 0.3) is 5.91 Å². The molecular weight excluding hydrogens is 342 g/mol. The molecule has 0 radical (unpaired) electrons. The largest absolute Gasteiger partial charge is 0.462 e. The maximum Gasteiger partial charge on any atom is 0.346 e. The number of halogens is 1. The molecule has 0 saturated carbocycles. The Hall–Kier alpha value is -1.99. The molecular formula is C15H14ClNO5S. The van der Waals surface area contributed by atoms with Crippen LogP contribution in [0.4, 0.5) is 0 Å². The van der Waals surface area contributed by atoms with E-state index >= 15 is 0 Å². The van der Waals surface area contributed by atoms with Gasteiger partial charge in [0, 0.05) is 10.7 Å². The molecule has 1 aromatic rings. The Morgan fingerprint density at radius 2 is 2.09 bits per heavy atom. The number of carbonyl (C=O) groups is 3. The summed E-state index contributed by atoms with van der Waals surface area (Å²) in [6, 6.07) is 6.17. The van der Waals surface area contributed by atoms with Crippen molar-refractivity contribution in [3.63, 3.8) is 0 Å². The van der Waals surface area contributed by atoms with Gasteiger partial charge in [0.1, 0.15) is 4.91 Å². The topological polar surface area (TPSA) is 81.7 Å². The summed E-state index contributed by atoms with van der Waals surface area (Å²) in [7, 11) is 0. The van der Waals surface area contributed by atoms with Crippen molar-refractivity contribution < 1.29 is 23.9 Å². The molecule has 8 heteroatoms. The van der Waals surface area contributed by atoms with Crippen molar-refractivity contribution in [2.24, 2.45) is 0 Å². The van der Waals surface area contributed by atoms with E-state index in [0.717, 1.165) is 11.8 Å². The van der Waals surface area contributed by atoms with Crippen LogP contribution in [0.5, 0.6) is 0 Å². The highest BCUT2D eigenvalue weighted by Crippen LogP contribution is 2.31. The zero-order valence-corrected chi connectivity index (χ0v) is 14.0. The summed E-state index contributed by atoms with van der Waals surface area (Å²) in [4.78, 5) is 36.1. The van der Waals surface area contributed by atoms with Gasteiger partial charge < -0.3 is 14.8 Å². The fourth-order valence-electron chi connectivity index (χ4n) is 1.81. The Kier molecular flexibility index (Phi) is 5.68. The summed E-state index contributed by atoms with van der Waals surface area (Å²) in [6.45, 7) is 3.46. The molecule has 23 heavy (non-hydrogen) atoms. The lowest BCUT2D eigenvalue weighted by Gasteiger charge is -2.24. The molecule has 1 heterocycles. The summed E-state index contributed by atoms with van der Waals surface area (Å²) >= 11 is 6.66. The van der Waals surface area contributed by atoms with Gasteiger partial charge in [0.2, 0.25) is 5.44 Å². The molecule has 2 rings (SSSR count). The minimum absolute atomic E-state index is 0.204. The third-order valence-electron chi connectivity index (χ3n) is 2.83. The van der Waals surface area contributed by atoms with Crippen molar-refractivity contribution in [3.05, 3.63) is 45.5 Å². The number of allylic oxidation sites excluding steroid dienone is 1. The SMILES string of the molecule is CCOC(=O)C1=C(C)NC(=O)C(OC(=O)c2cccc(Cl)c2)S1. The van der Waals surface area contributed by atoms with Gasteiger partial charge >= 0.3 is 11.9 Å². The quantitative estimate of drug-likeness (QED) is 0.835.